The highest BCUT2D eigenvalue weighted by atomic mass is 79.9. The van der Waals surface area contributed by atoms with Crippen LogP contribution in [-0.4, -0.2) is 24.0 Å². The molecule has 5 heteroatoms. The van der Waals surface area contributed by atoms with Crippen molar-refractivity contribution in [1.29, 1.82) is 0 Å². The Morgan fingerprint density at radius 1 is 1.30 bits per heavy atom. The molecular formula is C15H14BrN3O. The van der Waals surface area contributed by atoms with Crippen molar-refractivity contribution in [2.24, 2.45) is 0 Å². The van der Waals surface area contributed by atoms with Gasteiger partial charge < -0.3 is 10.2 Å². The predicted octanol–water partition coefficient (Wildman–Crippen LogP) is 3.31. The molecular weight excluding hydrogens is 318 g/mol. The Morgan fingerprint density at radius 3 is 3.00 bits per heavy atom. The van der Waals surface area contributed by atoms with Crippen molar-refractivity contribution in [1.82, 2.24) is 4.98 Å². The second-order valence-corrected chi connectivity index (χ2v) is 5.56. The molecule has 0 radical (unpaired) electrons. The summed E-state index contributed by atoms with van der Waals surface area (Å²) in [6, 6.07) is 9.69. The first kappa shape index (κ1) is 13.1. The first-order valence-electron chi connectivity index (χ1n) is 6.51. The second kappa shape index (κ2) is 5.63. The maximum Gasteiger partial charge on any atom is 0.259 e. The molecule has 1 aliphatic heterocycles. The summed E-state index contributed by atoms with van der Waals surface area (Å²) < 4.78 is 0.810. The van der Waals surface area contributed by atoms with Crippen molar-refractivity contribution < 1.29 is 4.79 Å². The van der Waals surface area contributed by atoms with E-state index in [-0.39, 0.29) is 5.91 Å². The van der Waals surface area contributed by atoms with E-state index in [9.17, 15) is 4.79 Å². The Kier molecular flexibility index (Phi) is 3.69. The lowest BCUT2D eigenvalue weighted by molar-refractivity contribution is 0.0987. The van der Waals surface area contributed by atoms with Crippen LogP contribution in [0.2, 0.25) is 0 Å². The summed E-state index contributed by atoms with van der Waals surface area (Å²) in [6.07, 6.45) is 4.20. The largest absolute Gasteiger partial charge is 0.383 e. The predicted molar refractivity (Wildman–Crippen MR) is 83.2 cm³/mol. The molecule has 0 spiro atoms. The third-order valence-corrected chi connectivity index (χ3v) is 3.70. The van der Waals surface area contributed by atoms with Gasteiger partial charge in [0.25, 0.3) is 5.91 Å². The summed E-state index contributed by atoms with van der Waals surface area (Å²) in [5, 5.41) is 3.35. The zero-order chi connectivity index (χ0) is 13.9. The van der Waals surface area contributed by atoms with E-state index in [4.69, 9.17) is 0 Å². The minimum Gasteiger partial charge on any atom is -0.383 e. The monoisotopic (exact) mass is 331 g/mol. The van der Waals surface area contributed by atoms with Crippen LogP contribution in [0.3, 0.4) is 0 Å². The van der Waals surface area contributed by atoms with E-state index in [1.165, 1.54) is 0 Å². The molecule has 1 amide bonds. The second-order valence-electron chi connectivity index (χ2n) is 4.65. The lowest BCUT2D eigenvalue weighted by atomic mass is 10.2. The highest BCUT2D eigenvalue weighted by molar-refractivity contribution is 9.10. The van der Waals surface area contributed by atoms with E-state index >= 15 is 0 Å². The van der Waals surface area contributed by atoms with Crippen molar-refractivity contribution in [3.05, 3.63) is 52.8 Å². The molecule has 2 heterocycles. The zero-order valence-electron chi connectivity index (χ0n) is 10.8. The van der Waals surface area contributed by atoms with E-state index in [2.05, 4.69) is 26.2 Å². The number of carbonyl (C=O) groups is 1. The molecule has 1 aliphatic rings. The fourth-order valence-corrected chi connectivity index (χ4v) is 2.70. The van der Waals surface area contributed by atoms with Crippen LogP contribution >= 0.6 is 15.9 Å². The van der Waals surface area contributed by atoms with Gasteiger partial charge in [-0.15, -0.1) is 0 Å². The summed E-state index contributed by atoms with van der Waals surface area (Å²) in [7, 11) is 0. The number of amides is 1. The molecule has 0 unspecified atom stereocenters. The van der Waals surface area contributed by atoms with Gasteiger partial charge in [-0.1, -0.05) is 12.1 Å². The summed E-state index contributed by atoms with van der Waals surface area (Å²) >= 11 is 3.36. The number of halogens is 1. The maximum atomic E-state index is 12.7. The minimum atomic E-state index is -0.0186. The zero-order valence-corrected chi connectivity index (χ0v) is 12.4. The third kappa shape index (κ3) is 2.54. The number of hydrogen-bond acceptors (Lipinski definition) is 3. The molecule has 102 valence electrons. The fraction of sp³-hybridized carbons (Fsp3) is 0.200. The van der Waals surface area contributed by atoms with Crippen LogP contribution in [0, 0.1) is 0 Å². The highest BCUT2D eigenvalue weighted by Crippen LogP contribution is 2.29. The number of nitrogens with zero attached hydrogens (tertiary/aromatic N) is 2. The normalized spacial score (nSPS) is 14.2. The van der Waals surface area contributed by atoms with Crippen LogP contribution in [0.15, 0.2) is 47.2 Å². The molecule has 20 heavy (non-hydrogen) atoms. The summed E-state index contributed by atoms with van der Waals surface area (Å²) in [5.41, 5.74) is 2.52. The third-order valence-electron chi connectivity index (χ3n) is 3.27. The molecule has 0 saturated heterocycles. The van der Waals surface area contributed by atoms with Gasteiger partial charge in [0.1, 0.15) is 0 Å². The van der Waals surface area contributed by atoms with Gasteiger partial charge in [-0.3, -0.25) is 9.78 Å². The molecule has 3 rings (SSSR count). The van der Waals surface area contributed by atoms with Gasteiger partial charge in [0.15, 0.2) is 0 Å². The van der Waals surface area contributed by atoms with E-state index in [1.54, 1.807) is 18.5 Å². The smallest absolute Gasteiger partial charge is 0.259 e. The summed E-state index contributed by atoms with van der Waals surface area (Å²) in [6.45, 7) is 1.58. The van der Waals surface area contributed by atoms with E-state index in [1.807, 2.05) is 29.2 Å². The van der Waals surface area contributed by atoms with Gasteiger partial charge in [-0.05, 0) is 40.5 Å². The van der Waals surface area contributed by atoms with E-state index in [0.29, 0.717) is 12.1 Å². The number of pyridine rings is 1. The molecule has 1 N–H and O–H groups in total. The van der Waals surface area contributed by atoms with Crippen LogP contribution < -0.4 is 10.2 Å². The Morgan fingerprint density at radius 2 is 2.15 bits per heavy atom. The number of carbonyl (C=O) groups excluding carboxylic acids is 1. The van der Waals surface area contributed by atoms with Crippen LogP contribution in [0.5, 0.6) is 0 Å². The van der Waals surface area contributed by atoms with Crippen molar-refractivity contribution >= 4 is 33.2 Å². The number of anilines is 2. The van der Waals surface area contributed by atoms with Gasteiger partial charge in [0, 0.05) is 30.0 Å². The van der Waals surface area contributed by atoms with Gasteiger partial charge in [-0.25, -0.2) is 0 Å². The summed E-state index contributed by atoms with van der Waals surface area (Å²) in [4.78, 5) is 18.6. The number of aromatic nitrogens is 1. The van der Waals surface area contributed by atoms with Crippen LogP contribution in [0.25, 0.3) is 0 Å². The maximum absolute atomic E-state index is 12.7. The number of hydrogen-bond donors (Lipinski definition) is 1. The molecule has 1 aromatic heterocycles. The van der Waals surface area contributed by atoms with Crippen LogP contribution in [0.1, 0.15) is 16.8 Å². The SMILES string of the molecule is O=C(c1cncc(Br)c1)N1CCCNc2ccccc21. The number of fused-ring (bicyclic) bond motifs is 1. The molecule has 0 saturated carbocycles. The Labute approximate surface area is 126 Å². The quantitative estimate of drug-likeness (QED) is 0.871. The number of para-hydroxylation sites is 2. The van der Waals surface area contributed by atoms with Gasteiger partial charge in [-0.2, -0.15) is 0 Å². The van der Waals surface area contributed by atoms with Gasteiger partial charge in [0.05, 0.1) is 16.9 Å². The van der Waals surface area contributed by atoms with Crippen molar-refractivity contribution in [2.45, 2.75) is 6.42 Å². The van der Waals surface area contributed by atoms with E-state index < -0.39 is 0 Å². The average molecular weight is 332 g/mol. The van der Waals surface area contributed by atoms with Crippen molar-refractivity contribution in [3.8, 4) is 0 Å². The first-order chi connectivity index (χ1) is 9.75. The number of nitrogens with one attached hydrogen (secondary N) is 1. The molecule has 0 bridgehead atoms. The van der Waals surface area contributed by atoms with Gasteiger partial charge >= 0.3 is 0 Å². The molecule has 0 atom stereocenters. The molecule has 2 aromatic rings. The Balaban J connectivity index is 1.99. The molecule has 1 aromatic carbocycles. The average Bonchev–Trinajstić information content (AvgIpc) is 2.69. The first-order valence-corrected chi connectivity index (χ1v) is 7.30. The lowest BCUT2D eigenvalue weighted by Crippen LogP contribution is -2.31. The van der Waals surface area contributed by atoms with Crippen molar-refractivity contribution in [3.63, 3.8) is 0 Å². The van der Waals surface area contributed by atoms with Crippen LogP contribution in [-0.2, 0) is 0 Å². The lowest BCUT2D eigenvalue weighted by Gasteiger charge is -2.22. The topological polar surface area (TPSA) is 45.2 Å². The fourth-order valence-electron chi connectivity index (χ4n) is 2.33. The highest BCUT2D eigenvalue weighted by Gasteiger charge is 2.22. The molecule has 0 fully saturated rings. The van der Waals surface area contributed by atoms with Crippen LogP contribution in [0.4, 0.5) is 11.4 Å². The minimum absolute atomic E-state index is 0.0186. The number of rotatable bonds is 1. The molecule has 0 aliphatic carbocycles. The number of benzene rings is 1. The Bertz CT molecular complexity index is 645. The Hall–Kier alpha value is -1.88. The summed E-state index contributed by atoms with van der Waals surface area (Å²) in [5.74, 6) is -0.0186. The standard InChI is InChI=1S/C15H14BrN3O/c16-12-8-11(9-17-10-12)15(20)19-7-3-6-18-13-4-1-2-5-14(13)19/h1-2,4-5,8-10,18H,3,6-7H2. The van der Waals surface area contributed by atoms with Gasteiger partial charge in [0.2, 0.25) is 0 Å². The van der Waals surface area contributed by atoms with E-state index in [0.717, 1.165) is 28.8 Å². The molecule has 4 nitrogen and oxygen atoms in total. The van der Waals surface area contributed by atoms with Crippen molar-refractivity contribution in [2.75, 3.05) is 23.3 Å².